The van der Waals surface area contributed by atoms with Crippen molar-refractivity contribution in [1.29, 1.82) is 0 Å². The number of carboxylic acids is 1. The second-order valence-electron chi connectivity index (χ2n) is 14.0. The number of benzene rings is 3. The van der Waals surface area contributed by atoms with Crippen LogP contribution >= 0.6 is 34.6 Å². The summed E-state index contributed by atoms with van der Waals surface area (Å²) in [4.78, 5) is 57.6. The normalized spacial score (nSPS) is 18.7. The van der Waals surface area contributed by atoms with Gasteiger partial charge in [0.25, 0.3) is 11.8 Å². The standard InChI is InChI=1S/C42H36N8O5S3/c51-37(44-34-38(52)50-35(40(53)54)26(23-57-39(34)50)20-21-30-24-56-32-22-43-25-49(30)32)33(47-55-31-18-10-11-19-31)36-45-41(58-48-36)46-42(27-12-4-1-5-13-27,28-14-6-2-7-15-28)29-16-8-3-9-17-29/h1-9,12-17,20-22,24-25,31,34,39H,10-11,18-19,23H2,(H,44,51)(H,53,54)(H,45,46,48)/b21-20+,47-33-/t34-,39-/m1/s1. The largest absolute Gasteiger partial charge is 0.477 e. The number of carboxylic acid groups (broad SMARTS) is 1. The van der Waals surface area contributed by atoms with Crippen LogP contribution < -0.4 is 10.6 Å². The molecular formula is C42H36N8O5S3. The van der Waals surface area contributed by atoms with Crippen molar-refractivity contribution in [2.75, 3.05) is 11.1 Å². The zero-order chi connectivity index (χ0) is 39.6. The smallest absolute Gasteiger partial charge is 0.352 e. The number of fused-ring (bicyclic) bond motifs is 2. The summed E-state index contributed by atoms with van der Waals surface area (Å²) in [7, 11) is 0. The summed E-state index contributed by atoms with van der Waals surface area (Å²) in [5, 5.41) is 22.9. The SMILES string of the molecule is O=C(O)C1=C(/C=C/c2csc3cncn23)CS[C@@H]2[C@H](NC(=O)/C(=N\OC3CCCC3)c3nsc(NC(c4ccccc4)(c4ccccc4)c4ccccc4)n3)C(=O)N12. The van der Waals surface area contributed by atoms with Crippen LogP contribution in [0.3, 0.4) is 0 Å². The molecule has 1 aliphatic carbocycles. The fourth-order valence-electron chi connectivity index (χ4n) is 7.64. The first-order valence-electron chi connectivity index (χ1n) is 18.7. The summed E-state index contributed by atoms with van der Waals surface area (Å²) in [5.74, 6) is -2.11. The number of hydrogen-bond acceptors (Lipinski definition) is 12. The third-order valence-electron chi connectivity index (χ3n) is 10.5. The summed E-state index contributed by atoms with van der Waals surface area (Å²) >= 11 is 3.98. The highest BCUT2D eigenvalue weighted by molar-refractivity contribution is 8.00. The topological polar surface area (TPSA) is 163 Å². The van der Waals surface area contributed by atoms with Crippen molar-refractivity contribution >= 4 is 74.2 Å². The molecule has 292 valence electrons. The van der Waals surface area contributed by atoms with Gasteiger partial charge in [0.05, 0.1) is 11.9 Å². The molecule has 3 aromatic carbocycles. The average molecular weight is 829 g/mol. The van der Waals surface area contributed by atoms with Gasteiger partial charge in [0.1, 0.15) is 39.9 Å². The number of β-lactam (4-membered cyclic amide) rings is 1. The molecule has 13 nitrogen and oxygen atoms in total. The Labute approximate surface area is 345 Å². The van der Waals surface area contributed by atoms with Crippen LogP contribution in [0.5, 0.6) is 0 Å². The molecule has 0 radical (unpaired) electrons. The minimum Gasteiger partial charge on any atom is -0.477 e. The molecule has 0 bridgehead atoms. The fraction of sp³-hybridized carbons (Fsp3) is 0.214. The van der Waals surface area contributed by atoms with Crippen molar-refractivity contribution in [1.82, 2.24) is 29.0 Å². The number of carbonyl (C=O) groups is 3. The predicted molar refractivity (Wildman–Crippen MR) is 224 cm³/mol. The van der Waals surface area contributed by atoms with E-state index in [9.17, 15) is 19.5 Å². The second-order valence-corrected chi connectivity index (χ2v) is 16.7. The van der Waals surface area contributed by atoms with E-state index in [4.69, 9.17) is 9.82 Å². The van der Waals surface area contributed by atoms with E-state index in [2.05, 4.69) is 61.5 Å². The number of carbonyl (C=O) groups excluding carboxylic acids is 2. The Morgan fingerprint density at radius 1 is 0.931 bits per heavy atom. The third kappa shape index (κ3) is 6.96. The maximum absolute atomic E-state index is 14.2. The first-order valence-corrected chi connectivity index (χ1v) is 21.4. The Bertz CT molecular complexity index is 2470. The highest BCUT2D eigenvalue weighted by Gasteiger charge is 2.54. The van der Waals surface area contributed by atoms with E-state index in [0.717, 1.165) is 64.4 Å². The lowest BCUT2D eigenvalue weighted by Crippen LogP contribution is -2.71. The Kier molecular flexibility index (Phi) is 10.4. The van der Waals surface area contributed by atoms with Crippen LogP contribution in [0.2, 0.25) is 0 Å². The van der Waals surface area contributed by atoms with Crippen LogP contribution in [0, 0.1) is 0 Å². The molecule has 2 atom stereocenters. The number of rotatable bonds is 13. The highest BCUT2D eigenvalue weighted by atomic mass is 32.2. The highest BCUT2D eigenvalue weighted by Crippen LogP contribution is 2.42. The van der Waals surface area contributed by atoms with E-state index in [1.54, 1.807) is 18.6 Å². The first kappa shape index (κ1) is 37.5. The van der Waals surface area contributed by atoms with Crippen LogP contribution in [0.4, 0.5) is 5.13 Å². The number of nitrogens with one attached hydrogen (secondary N) is 2. The maximum Gasteiger partial charge on any atom is 0.352 e. The van der Waals surface area contributed by atoms with Gasteiger partial charge in [-0.1, -0.05) is 102 Å². The van der Waals surface area contributed by atoms with Gasteiger partial charge < -0.3 is 20.6 Å². The van der Waals surface area contributed by atoms with Crippen molar-refractivity contribution in [2.45, 2.75) is 48.7 Å². The number of oxime groups is 1. The van der Waals surface area contributed by atoms with Gasteiger partial charge >= 0.3 is 5.97 Å². The lowest BCUT2D eigenvalue weighted by molar-refractivity contribution is -0.150. The molecule has 0 unspecified atom stereocenters. The van der Waals surface area contributed by atoms with Crippen LogP contribution in [-0.4, -0.2) is 75.5 Å². The maximum atomic E-state index is 14.2. The number of anilines is 1. The number of aromatic nitrogens is 4. The molecule has 2 amide bonds. The summed E-state index contributed by atoms with van der Waals surface area (Å²) in [6.07, 6.45) is 10.4. The van der Waals surface area contributed by atoms with Gasteiger partial charge in [-0.2, -0.15) is 9.36 Å². The molecule has 2 aliphatic heterocycles. The van der Waals surface area contributed by atoms with Gasteiger partial charge in [0, 0.05) is 22.7 Å². The zero-order valence-corrected chi connectivity index (χ0v) is 33.3. The molecule has 9 rings (SSSR count). The van der Waals surface area contributed by atoms with Crippen molar-refractivity contribution in [3.63, 3.8) is 0 Å². The molecule has 0 spiro atoms. The Morgan fingerprint density at radius 2 is 1.59 bits per heavy atom. The summed E-state index contributed by atoms with van der Waals surface area (Å²) in [6.45, 7) is 0. The number of thioether (sulfide) groups is 1. The Morgan fingerprint density at radius 3 is 2.22 bits per heavy atom. The van der Waals surface area contributed by atoms with E-state index in [1.807, 2.05) is 70.5 Å². The molecule has 1 saturated heterocycles. The molecule has 3 aromatic heterocycles. The monoisotopic (exact) mass is 828 g/mol. The van der Waals surface area contributed by atoms with Gasteiger partial charge in [-0.3, -0.25) is 18.9 Å². The minimum absolute atomic E-state index is 0.0324. The third-order valence-corrected chi connectivity index (χ3v) is 13.3. The molecule has 1 saturated carbocycles. The zero-order valence-electron chi connectivity index (χ0n) is 30.8. The van der Waals surface area contributed by atoms with E-state index in [-0.39, 0.29) is 23.3 Å². The number of aliphatic carboxylic acids is 1. The number of nitrogens with zero attached hydrogens (tertiary/aromatic N) is 6. The van der Waals surface area contributed by atoms with Crippen LogP contribution in [0.25, 0.3) is 10.9 Å². The van der Waals surface area contributed by atoms with Crippen molar-refractivity contribution in [3.05, 3.63) is 154 Å². The van der Waals surface area contributed by atoms with Gasteiger partial charge in [-0.25, -0.2) is 9.78 Å². The minimum atomic E-state index is -1.22. The molecule has 3 N–H and O–H groups in total. The molecule has 58 heavy (non-hydrogen) atoms. The predicted octanol–water partition coefficient (Wildman–Crippen LogP) is 6.77. The van der Waals surface area contributed by atoms with Crippen molar-refractivity contribution in [2.24, 2.45) is 5.16 Å². The molecule has 3 aliphatic rings. The van der Waals surface area contributed by atoms with E-state index in [1.165, 1.54) is 28.0 Å². The number of thiazole rings is 1. The van der Waals surface area contributed by atoms with Crippen molar-refractivity contribution < 1.29 is 24.3 Å². The molecule has 5 heterocycles. The first-order chi connectivity index (χ1) is 28.4. The molecular weight excluding hydrogens is 793 g/mol. The Hall–Kier alpha value is -6.10. The lowest BCUT2D eigenvalue weighted by atomic mass is 9.77. The molecule has 16 heteroatoms. The van der Waals surface area contributed by atoms with E-state index >= 15 is 0 Å². The van der Waals surface area contributed by atoms with E-state index < -0.39 is 34.7 Å². The summed E-state index contributed by atoms with van der Waals surface area (Å²) in [5.41, 5.74) is 3.06. The molecule has 6 aromatic rings. The van der Waals surface area contributed by atoms with Gasteiger partial charge in [-0.05, 0) is 54.0 Å². The summed E-state index contributed by atoms with van der Waals surface area (Å²) in [6, 6.07) is 29.2. The van der Waals surface area contributed by atoms with E-state index in [0.29, 0.717) is 16.5 Å². The summed E-state index contributed by atoms with van der Waals surface area (Å²) < 4.78 is 6.50. The fourth-order valence-corrected chi connectivity index (χ4v) is 10.4. The van der Waals surface area contributed by atoms with Crippen LogP contribution in [0.1, 0.15) is 53.9 Å². The molecule has 2 fully saturated rings. The number of imidazole rings is 1. The lowest BCUT2D eigenvalue weighted by Gasteiger charge is -2.49. The van der Waals surface area contributed by atoms with Crippen LogP contribution in [0.15, 0.2) is 131 Å². The van der Waals surface area contributed by atoms with Gasteiger partial charge in [0.15, 0.2) is 0 Å². The van der Waals surface area contributed by atoms with Gasteiger partial charge in [0.2, 0.25) is 16.7 Å². The number of hydrogen-bond donors (Lipinski definition) is 3. The quantitative estimate of drug-likeness (QED) is 0.0491. The van der Waals surface area contributed by atoms with Crippen LogP contribution in [-0.2, 0) is 24.8 Å². The van der Waals surface area contributed by atoms with Crippen molar-refractivity contribution in [3.8, 4) is 0 Å². The number of allylic oxidation sites excluding steroid dienone is 1. The van der Waals surface area contributed by atoms with Gasteiger partial charge in [-0.15, -0.1) is 23.1 Å². The average Bonchev–Trinajstić information content (AvgIpc) is 4.10. The second kappa shape index (κ2) is 16.0. The number of amides is 2. The Balaban J connectivity index is 1.00.